The van der Waals surface area contributed by atoms with Gasteiger partial charge in [0.15, 0.2) is 0 Å². The Hall–Kier alpha value is -3.71. The van der Waals surface area contributed by atoms with Gasteiger partial charge in [-0.2, -0.15) is 0 Å². The number of ketones is 1. The molecule has 0 amide bonds. The summed E-state index contributed by atoms with van der Waals surface area (Å²) in [6.07, 6.45) is 7.98. The highest BCUT2D eigenvalue weighted by molar-refractivity contribution is 6.09. The lowest BCUT2D eigenvalue weighted by atomic mass is 9.76. The van der Waals surface area contributed by atoms with Gasteiger partial charge >= 0.3 is 5.79 Å². The van der Waals surface area contributed by atoms with Gasteiger partial charge < -0.3 is 29.9 Å². The molecule has 196 valence electrons. The lowest BCUT2D eigenvalue weighted by molar-refractivity contribution is -0.201. The van der Waals surface area contributed by atoms with Crippen LogP contribution in [0.15, 0.2) is 59.2 Å². The fourth-order valence-electron chi connectivity index (χ4n) is 4.86. The van der Waals surface area contributed by atoms with Crippen LogP contribution in [0.25, 0.3) is 0 Å². The standard InChI is InChI=1S/C30H34O7/c1-17(2)7-6-8-19(5)9-11-21-23(32)16-24(33)26-27(21)37-29(14-13-18(3)4)22-12-10-20(31)15-25(22)36-30(29,35)28(26)34/h7,9-10,12-13,15-16,31-33,35H,6,8,11,14H2,1-5H3/b19-9+. The monoisotopic (exact) mass is 506 g/mol. The number of rotatable bonds is 7. The molecule has 7 nitrogen and oxygen atoms in total. The van der Waals surface area contributed by atoms with Crippen LogP contribution in [0.5, 0.6) is 28.7 Å². The number of allylic oxidation sites excluding steroid dienone is 5. The van der Waals surface area contributed by atoms with E-state index in [4.69, 9.17) is 9.47 Å². The van der Waals surface area contributed by atoms with Crippen LogP contribution in [0, 0.1) is 0 Å². The van der Waals surface area contributed by atoms with Crippen LogP contribution < -0.4 is 9.47 Å². The molecule has 0 bridgehead atoms. The molecular formula is C30H34O7. The molecule has 2 atom stereocenters. The molecule has 2 unspecified atom stereocenters. The number of ether oxygens (including phenoxy) is 2. The third kappa shape index (κ3) is 4.48. The molecule has 2 aliphatic heterocycles. The first-order valence-electron chi connectivity index (χ1n) is 12.4. The Bertz CT molecular complexity index is 1340. The summed E-state index contributed by atoms with van der Waals surface area (Å²) >= 11 is 0. The zero-order valence-electron chi connectivity index (χ0n) is 21.9. The van der Waals surface area contributed by atoms with Gasteiger partial charge in [0.1, 0.15) is 34.3 Å². The van der Waals surface area contributed by atoms with E-state index in [0.29, 0.717) is 11.1 Å². The summed E-state index contributed by atoms with van der Waals surface area (Å²) in [5.74, 6) is -4.10. The van der Waals surface area contributed by atoms with Gasteiger partial charge in [0.2, 0.25) is 11.4 Å². The zero-order chi connectivity index (χ0) is 27.1. The van der Waals surface area contributed by atoms with E-state index in [1.807, 2.05) is 46.8 Å². The number of hydrogen-bond donors (Lipinski definition) is 4. The van der Waals surface area contributed by atoms with Gasteiger partial charge in [-0.25, -0.2) is 0 Å². The largest absolute Gasteiger partial charge is 0.508 e. The molecule has 2 aromatic rings. The predicted molar refractivity (Wildman–Crippen MR) is 140 cm³/mol. The number of phenolic OH excluding ortho intramolecular Hbond substituents is 3. The number of carbonyl (C=O) groups is 1. The van der Waals surface area contributed by atoms with Crippen molar-refractivity contribution < 1.29 is 34.7 Å². The Morgan fingerprint density at radius 1 is 0.919 bits per heavy atom. The Morgan fingerprint density at radius 2 is 1.62 bits per heavy atom. The molecule has 0 aromatic heterocycles. The van der Waals surface area contributed by atoms with Crippen molar-refractivity contribution in [2.75, 3.05) is 0 Å². The number of benzene rings is 2. The highest BCUT2D eigenvalue weighted by Crippen LogP contribution is 2.59. The van der Waals surface area contributed by atoms with Crippen molar-refractivity contribution in [2.24, 2.45) is 0 Å². The third-order valence-electron chi connectivity index (χ3n) is 6.90. The van der Waals surface area contributed by atoms with Gasteiger partial charge in [0.25, 0.3) is 0 Å². The smallest absolute Gasteiger partial charge is 0.318 e. The number of Topliss-reactive ketones (excluding diaryl/α,β-unsaturated/α-hetero) is 1. The summed E-state index contributed by atoms with van der Waals surface area (Å²) in [7, 11) is 0. The van der Waals surface area contributed by atoms with Crippen LogP contribution in [0.1, 0.15) is 75.4 Å². The second-order valence-corrected chi connectivity index (χ2v) is 10.3. The predicted octanol–water partition coefficient (Wildman–Crippen LogP) is 5.95. The number of fused-ring (bicyclic) bond motifs is 4. The molecule has 37 heavy (non-hydrogen) atoms. The van der Waals surface area contributed by atoms with E-state index in [9.17, 15) is 25.2 Å². The molecule has 2 heterocycles. The zero-order valence-corrected chi connectivity index (χ0v) is 21.9. The van der Waals surface area contributed by atoms with E-state index < -0.39 is 22.9 Å². The maximum Gasteiger partial charge on any atom is 0.318 e. The van der Waals surface area contributed by atoms with E-state index >= 15 is 0 Å². The van der Waals surface area contributed by atoms with Crippen molar-refractivity contribution in [3.63, 3.8) is 0 Å². The lowest BCUT2D eigenvalue weighted by Crippen LogP contribution is -2.62. The number of phenols is 3. The molecule has 7 heteroatoms. The van der Waals surface area contributed by atoms with E-state index in [1.54, 1.807) is 6.07 Å². The maximum absolute atomic E-state index is 13.8. The first-order chi connectivity index (χ1) is 17.4. The molecule has 0 fully saturated rings. The fourth-order valence-corrected chi connectivity index (χ4v) is 4.86. The van der Waals surface area contributed by atoms with Crippen LogP contribution in [-0.2, 0) is 12.0 Å². The topological polar surface area (TPSA) is 116 Å². The molecule has 2 aliphatic rings. The SMILES string of the molecule is CC(C)=CCC/C(C)=C/Cc1c(O)cc(O)c2c1OC1(CC=C(C)C)c3ccc(O)cc3OC1(O)C2=O. The van der Waals surface area contributed by atoms with Crippen LogP contribution in [0.2, 0.25) is 0 Å². The van der Waals surface area contributed by atoms with Crippen molar-refractivity contribution in [1.82, 2.24) is 0 Å². The van der Waals surface area contributed by atoms with E-state index in [0.717, 1.165) is 30.1 Å². The molecule has 0 radical (unpaired) electrons. The summed E-state index contributed by atoms with van der Waals surface area (Å²) in [6.45, 7) is 9.86. The Balaban J connectivity index is 1.86. The Morgan fingerprint density at radius 3 is 2.30 bits per heavy atom. The van der Waals surface area contributed by atoms with Crippen LogP contribution in [0.3, 0.4) is 0 Å². The number of aromatic hydroxyl groups is 3. The van der Waals surface area contributed by atoms with Crippen LogP contribution in [0.4, 0.5) is 0 Å². The molecule has 0 aliphatic carbocycles. The summed E-state index contributed by atoms with van der Waals surface area (Å²) in [5, 5.41) is 43.2. The minimum Gasteiger partial charge on any atom is -0.508 e. The first kappa shape index (κ1) is 26.4. The van der Waals surface area contributed by atoms with Crippen molar-refractivity contribution in [3.8, 4) is 28.7 Å². The molecular weight excluding hydrogens is 472 g/mol. The van der Waals surface area contributed by atoms with Gasteiger partial charge in [-0.3, -0.25) is 4.79 Å². The minimum absolute atomic E-state index is 0.00667. The molecule has 0 saturated heterocycles. The minimum atomic E-state index is -2.50. The summed E-state index contributed by atoms with van der Waals surface area (Å²) < 4.78 is 12.3. The third-order valence-corrected chi connectivity index (χ3v) is 6.90. The van der Waals surface area contributed by atoms with Gasteiger partial charge in [-0.15, -0.1) is 0 Å². The average Bonchev–Trinajstić information content (AvgIpc) is 3.05. The maximum atomic E-state index is 13.8. The number of aliphatic hydroxyl groups is 1. The molecule has 4 rings (SSSR count). The number of carbonyl (C=O) groups excluding carboxylic acids is 1. The highest BCUT2D eigenvalue weighted by Gasteiger charge is 2.69. The van der Waals surface area contributed by atoms with E-state index in [2.05, 4.69) is 6.08 Å². The molecule has 0 saturated carbocycles. The van der Waals surface area contributed by atoms with Crippen molar-refractivity contribution in [3.05, 3.63) is 75.9 Å². The lowest BCUT2D eigenvalue weighted by Gasteiger charge is -2.43. The fraction of sp³-hybridized carbons (Fsp3) is 0.367. The van der Waals surface area contributed by atoms with Gasteiger partial charge in [-0.05, 0) is 66.0 Å². The van der Waals surface area contributed by atoms with Crippen molar-refractivity contribution in [1.29, 1.82) is 0 Å². The van der Waals surface area contributed by atoms with Crippen LogP contribution >= 0.6 is 0 Å². The number of hydrogen-bond acceptors (Lipinski definition) is 7. The van der Waals surface area contributed by atoms with Crippen LogP contribution in [-0.4, -0.2) is 32.0 Å². The van der Waals surface area contributed by atoms with E-state index in [-0.39, 0.29) is 41.4 Å². The first-order valence-corrected chi connectivity index (χ1v) is 12.4. The normalized spacial score (nSPS) is 21.8. The summed E-state index contributed by atoms with van der Waals surface area (Å²) in [6, 6.07) is 5.38. The van der Waals surface area contributed by atoms with Crippen molar-refractivity contribution in [2.45, 2.75) is 71.7 Å². The second-order valence-electron chi connectivity index (χ2n) is 10.3. The average molecular weight is 507 g/mol. The Labute approximate surface area is 217 Å². The molecule has 4 N–H and O–H groups in total. The molecule has 0 spiro atoms. The highest BCUT2D eigenvalue weighted by atomic mass is 16.7. The summed E-state index contributed by atoms with van der Waals surface area (Å²) in [4.78, 5) is 13.8. The second kappa shape index (κ2) is 9.63. The summed E-state index contributed by atoms with van der Waals surface area (Å²) in [5.41, 5.74) is 2.03. The van der Waals surface area contributed by atoms with Gasteiger partial charge in [0, 0.05) is 29.7 Å². The van der Waals surface area contributed by atoms with Gasteiger partial charge in [0.05, 0.1) is 0 Å². The Kier molecular flexibility index (Phi) is 6.86. The van der Waals surface area contributed by atoms with Crippen molar-refractivity contribution >= 4 is 5.78 Å². The quantitative estimate of drug-likeness (QED) is 0.343. The van der Waals surface area contributed by atoms with E-state index in [1.165, 1.54) is 17.7 Å². The molecule has 2 aromatic carbocycles. The van der Waals surface area contributed by atoms with Gasteiger partial charge in [-0.1, -0.05) is 34.9 Å².